The smallest absolute Gasteiger partial charge is 0.315 e. The average molecular weight is 456 g/mol. The molecule has 1 rings (SSSR count). The molecular formula is C21H33N3O6S. The van der Waals surface area contributed by atoms with Gasteiger partial charge in [0.25, 0.3) is 0 Å². The molecule has 0 aromatic heterocycles. The lowest BCUT2D eigenvalue weighted by Gasteiger charge is -2.20. The zero-order valence-corrected chi connectivity index (χ0v) is 19.1. The van der Waals surface area contributed by atoms with Crippen LogP contribution in [0.1, 0.15) is 52.9 Å². The highest BCUT2D eigenvalue weighted by Crippen LogP contribution is 2.08. The molecule has 0 radical (unpaired) electrons. The summed E-state index contributed by atoms with van der Waals surface area (Å²) in [5.41, 5.74) is 0. The molecular weight excluding hydrogens is 422 g/mol. The number of carbonyl (C=O) groups is 3. The SMILES string of the molecule is CC(=O)C(CCCCNS(=O)(=O)c1ccccc1)NC(=O)NC(CCC(C)O)C(C)=O. The number of ketones is 2. The minimum Gasteiger partial charge on any atom is -0.393 e. The Balaban J connectivity index is 2.46. The molecule has 0 bridgehead atoms. The van der Waals surface area contributed by atoms with E-state index in [2.05, 4.69) is 15.4 Å². The Hall–Kier alpha value is -2.30. The van der Waals surface area contributed by atoms with Crippen molar-refractivity contribution in [3.8, 4) is 0 Å². The van der Waals surface area contributed by atoms with Gasteiger partial charge in [-0.3, -0.25) is 9.59 Å². The quantitative estimate of drug-likeness (QED) is 0.313. The zero-order valence-electron chi connectivity index (χ0n) is 18.3. The Labute approximate surface area is 184 Å². The molecule has 0 heterocycles. The van der Waals surface area contributed by atoms with Crippen LogP contribution in [-0.4, -0.2) is 55.9 Å². The van der Waals surface area contributed by atoms with Gasteiger partial charge in [-0.25, -0.2) is 17.9 Å². The van der Waals surface area contributed by atoms with E-state index in [1.807, 2.05) is 0 Å². The van der Waals surface area contributed by atoms with Crippen molar-refractivity contribution in [1.82, 2.24) is 15.4 Å². The maximum absolute atomic E-state index is 12.2. The number of hydrogen-bond donors (Lipinski definition) is 4. The van der Waals surface area contributed by atoms with E-state index >= 15 is 0 Å². The van der Waals surface area contributed by atoms with Crippen molar-refractivity contribution in [2.75, 3.05) is 6.54 Å². The molecule has 10 heteroatoms. The second kappa shape index (κ2) is 13.2. The van der Waals surface area contributed by atoms with Gasteiger partial charge in [0.2, 0.25) is 10.0 Å². The number of aliphatic hydroxyl groups excluding tert-OH is 1. The van der Waals surface area contributed by atoms with Crippen molar-refractivity contribution in [3.05, 3.63) is 30.3 Å². The van der Waals surface area contributed by atoms with Crippen LogP contribution in [0.15, 0.2) is 35.2 Å². The third-order valence-electron chi connectivity index (χ3n) is 4.73. The van der Waals surface area contributed by atoms with Gasteiger partial charge in [0.05, 0.1) is 23.1 Å². The predicted octanol–water partition coefficient (Wildman–Crippen LogP) is 1.51. The first-order valence-electron chi connectivity index (χ1n) is 10.3. The second-order valence-corrected chi connectivity index (χ2v) is 9.34. The monoisotopic (exact) mass is 455 g/mol. The van der Waals surface area contributed by atoms with Crippen LogP contribution in [0.2, 0.25) is 0 Å². The fraction of sp³-hybridized carbons (Fsp3) is 0.571. The first kappa shape index (κ1) is 26.7. The number of unbranched alkanes of at least 4 members (excludes halogenated alkanes) is 1. The predicted molar refractivity (Wildman–Crippen MR) is 117 cm³/mol. The number of benzene rings is 1. The van der Waals surface area contributed by atoms with Gasteiger partial charge in [0.15, 0.2) is 11.6 Å². The van der Waals surface area contributed by atoms with Gasteiger partial charge >= 0.3 is 6.03 Å². The van der Waals surface area contributed by atoms with Gasteiger partial charge < -0.3 is 15.7 Å². The van der Waals surface area contributed by atoms with Gasteiger partial charge in [-0.15, -0.1) is 0 Å². The van der Waals surface area contributed by atoms with Gasteiger partial charge in [-0.1, -0.05) is 18.2 Å². The summed E-state index contributed by atoms with van der Waals surface area (Å²) in [6.07, 6.45) is 1.42. The maximum Gasteiger partial charge on any atom is 0.315 e. The third-order valence-corrected chi connectivity index (χ3v) is 6.21. The lowest BCUT2D eigenvalue weighted by Crippen LogP contribution is -2.50. The minimum atomic E-state index is -3.58. The van der Waals surface area contributed by atoms with Gasteiger partial charge in [0.1, 0.15) is 0 Å². The molecule has 0 spiro atoms. The van der Waals surface area contributed by atoms with Crippen molar-refractivity contribution in [1.29, 1.82) is 0 Å². The van der Waals surface area contributed by atoms with E-state index < -0.39 is 34.2 Å². The molecule has 1 aromatic rings. The molecule has 3 atom stereocenters. The lowest BCUT2D eigenvalue weighted by molar-refractivity contribution is -0.119. The van der Waals surface area contributed by atoms with Crippen LogP contribution in [0.4, 0.5) is 4.79 Å². The fourth-order valence-electron chi connectivity index (χ4n) is 2.88. The number of urea groups is 1. The molecule has 4 N–H and O–H groups in total. The Bertz CT molecular complexity index is 827. The molecule has 2 amide bonds. The summed E-state index contributed by atoms with van der Waals surface area (Å²) in [5.74, 6) is -0.468. The Morgan fingerprint density at radius 1 is 0.903 bits per heavy atom. The van der Waals surface area contributed by atoms with E-state index in [4.69, 9.17) is 0 Å². The second-order valence-electron chi connectivity index (χ2n) is 7.58. The molecule has 0 saturated carbocycles. The van der Waals surface area contributed by atoms with Crippen molar-refractivity contribution in [2.24, 2.45) is 0 Å². The van der Waals surface area contributed by atoms with Crippen molar-refractivity contribution in [3.63, 3.8) is 0 Å². The first-order chi connectivity index (χ1) is 14.5. The third kappa shape index (κ3) is 10.5. The van der Waals surface area contributed by atoms with E-state index in [1.165, 1.54) is 26.0 Å². The number of carbonyl (C=O) groups excluding carboxylic acids is 3. The van der Waals surface area contributed by atoms with Crippen LogP contribution in [-0.2, 0) is 19.6 Å². The van der Waals surface area contributed by atoms with E-state index in [0.29, 0.717) is 32.1 Å². The summed E-state index contributed by atoms with van der Waals surface area (Å²) >= 11 is 0. The number of aliphatic hydroxyl groups is 1. The molecule has 0 aliphatic heterocycles. The van der Waals surface area contributed by atoms with E-state index in [1.54, 1.807) is 25.1 Å². The Morgan fingerprint density at radius 3 is 1.97 bits per heavy atom. The van der Waals surface area contributed by atoms with Crippen LogP contribution in [0.5, 0.6) is 0 Å². The Morgan fingerprint density at radius 2 is 1.45 bits per heavy atom. The topological polar surface area (TPSA) is 142 Å². The molecule has 0 fully saturated rings. The Kier molecular flexibility index (Phi) is 11.4. The number of amides is 2. The van der Waals surface area contributed by atoms with Gasteiger partial charge in [0, 0.05) is 6.54 Å². The summed E-state index contributed by atoms with van der Waals surface area (Å²) in [7, 11) is -3.58. The van der Waals surface area contributed by atoms with Crippen molar-refractivity contribution >= 4 is 27.6 Å². The van der Waals surface area contributed by atoms with Crippen LogP contribution in [0.3, 0.4) is 0 Å². The number of hydrogen-bond acceptors (Lipinski definition) is 6. The highest BCUT2D eigenvalue weighted by atomic mass is 32.2. The van der Waals surface area contributed by atoms with Gasteiger partial charge in [-0.2, -0.15) is 0 Å². The van der Waals surface area contributed by atoms with Crippen molar-refractivity contribution < 1.29 is 27.9 Å². The number of rotatable bonds is 14. The fourth-order valence-corrected chi connectivity index (χ4v) is 3.98. The van der Waals surface area contributed by atoms with Crippen LogP contribution in [0.25, 0.3) is 0 Å². The molecule has 9 nitrogen and oxygen atoms in total. The molecule has 0 saturated heterocycles. The highest BCUT2D eigenvalue weighted by Gasteiger charge is 2.21. The van der Waals surface area contributed by atoms with Crippen LogP contribution in [0, 0.1) is 0 Å². The zero-order chi connectivity index (χ0) is 23.4. The molecule has 174 valence electrons. The summed E-state index contributed by atoms with van der Waals surface area (Å²) in [4.78, 5) is 36.0. The molecule has 0 aliphatic rings. The first-order valence-corrected chi connectivity index (χ1v) is 11.8. The number of nitrogens with one attached hydrogen (secondary N) is 3. The lowest BCUT2D eigenvalue weighted by atomic mass is 10.1. The molecule has 0 aliphatic carbocycles. The van der Waals surface area contributed by atoms with Crippen LogP contribution < -0.4 is 15.4 Å². The largest absolute Gasteiger partial charge is 0.393 e. The number of sulfonamides is 1. The maximum atomic E-state index is 12.2. The summed E-state index contributed by atoms with van der Waals surface area (Å²) in [6, 6.07) is 5.92. The minimum absolute atomic E-state index is 0.186. The summed E-state index contributed by atoms with van der Waals surface area (Å²) < 4.78 is 26.8. The average Bonchev–Trinajstić information content (AvgIpc) is 2.70. The number of Topliss-reactive ketones (excluding diaryl/α,β-unsaturated/α-hetero) is 2. The van der Waals surface area contributed by atoms with E-state index in [9.17, 15) is 27.9 Å². The van der Waals surface area contributed by atoms with E-state index in [0.717, 1.165) is 0 Å². The normalized spacial score (nSPS) is 14.3. The molecule has 31 heavy (non-hydrogen) atoms. The van der Waals surface area contributed by atoms with Crippen LogP contribution >= 0.6 is 0 Å². The summed E-state index contributed by atoms with van der Waals surface area (Å²) in [6.45, 7) is 4.52. The standard InChI is InChI=1S/C21H33N3O6S/c1-15(25)12-13-20(17(3)27)24-21(28)23-19(16(2)26)11-7-8-14-22-31(29,30)18-9-5-4-6-10-18/h4-6,9-10,15,19-20,22,25H,7-8,11-14H2,1-3H3,(H2,23,24,28). The summed E-state index contributed by atoms with van der Waals surface area (Å²) in [5, 5.41) is 14.5. The molecule has 3 unspecified atom stereocenters. The molecule has 1 aromatic carbocycles. The van der Waals surface area contributed by atoms with Crippen molar-refractivity contribution in [2.45, 2.75) is 76.0 Å². The highest BCUT2D eigenvalue weighted by molar-refractivity contribution is 7.89. The van der Waals surface area contributed by atoms with Gasteiger partial charge in [-0.05, 0) is 65.0 Å². The van der Waals surface area contributed by atoms with E-state index in [-0.39, 0.29) is 23.0 Å².